The first-order chi connectivity index (χ1) is 12.4. The van der Waals surface area contributed by atoms with E-state index in [1.807, 2.05) is 0 Å². The Morgan fingerprint density at radius 3 is 2.44 bits per heavy atom. The summed E-state index contributed by atoms with van der Waals surface area (Å²) in [6.07, 6.45) is -5.53. The molecule has 2 bridgehead atoms. The number of halogens is 3. The van der Waals surface area contributed by atoms with Crippen molar-refractivity contribution in [1.29, 1.82) is 0 Å². The highest BCUT2D eigenvalue weighted by Crippen LogP contribution is 2.64. The second-order valence-corrected chi connectivity index (χ2v) is 7.20. The van der Waals surface area contributed by atoms with Gasteiger partial charge in [0.2, 0.25) is 11.8 Å². The Bertz CT molecular complexity index is 1020. The van der Waals surface area contributed by atoms with Gasteiger partial charge in [0.05, 0.1) is 40.7 Å². The first-order valence-electron chi connectivity index (χ1n) is 8.09. The maximum atomic E-state index is 13.3. The Labute approximate surface area is 151 Å². The van der Waals surface area contributed by atoms with Crippen LogP contribution in [0.4, 0.5) is 18.9 Å². The van der Waals surface area contributed by atoms with Crippen molar-refractivity contribution < 1.29 is 33.2 Å². The molecule has 9 heteroatoms. The van der Waals surface area contributed by atoms with Crippen LogP contribution in [0.1, 0.15) is 37.0 Å². The molecule has 3 heterocycles. The Balaban J connectivity index is 1.98. The van der Waals surface area contributed by atoms with E-state index < -0.39 is 46.5 Å². The zero-order valence-corrected chi connectivity index (χ0v) is 14.3. The van der Waals surface area contributed by atoms with Crippen molar-refractivity contribution in [2.24, 2.45) is 0 Å². The largest absolute Gasteiger partial charge is 0.494 e. The van der Waals surface area contributed by atoms with Crippen LogP contribution in [0.5, 0.6) is 11.8 Å². The van der Waals surface area contributed by atoms with Gasteiger partial charge in [0, 0.05) is 6.42 Å². The number of fused-ring (bicyclic) bond motifs is 5. The minimum Gasteiger partial charge on any atom is -0.494 e. The second-order valence-electron chi connectivity index (χ2n) is 7.20. The van der Waals surface area contributed by atoms with E-state index in [2.05, 4.69) is 4.85 Å². The number of benzene rings is 1. The van der Waals surface area contributed by atoms with Gasteiger partial charge in [-0.1, -0.05) is 6.07 Å². The minimum absolute atomic E-state index is 0.153. The summed E-state index contributed by atoms with van der Waals surface area (Å²) in [6.45, 7) is 10.1. The smallest absolute Gasteiger partial charge is 0.407 e. The van der Waals surface area contributed by atoms with Gasteiger partial charge in [-0.2, -0.15) is 13.2 Å². The van der Waals surface area contributed by atoms with Crippen LogP contribution in [-0.2, 0) is 22.1 Å². The SMILES string of the molecule is [C-]#[N+]c1ccc(-n2c(O)c3c(c2O)C2(C)OC3(C)C[C@H]2O)cc1C(F)(F)F. The minimum atomic E-state index is -4.77. The maximum Gasteiger partial charge on any atom is 0.407 e. The van der Waals surface area contributed by atoms with E-state index in [0.29, 0.717) is 6.07 Å². The quantitative estimate of drug-likeness (QED) is 0.660. The highest BCUT2D eigenvalue weighted by Gasteiger charge is 2.64. The third-order valence-corrected chi connectivity index (χ3v) is 5.47. The van der Waals surface area contributed by atoms with Crippen molar-refractivity contribution in [2.75, 3.05) is 0 Å². The molecule has 2 aliphatic rings. The van der Waals surface area contributed by atoms with Crippen molar-refractivity contribution in [3.63, 3.8) is 0 Å². The Morgan fingerprint density at radius 2 is 1.85 bits per heavy atom. The van der Waals surface area contributed by atoms with Crippen LogP contribution < -0.4 is 0 Å². The third kappa shape index (κ3) is 2.08. The molecule has 1 aromatic heterocycles. The van der Waals surface area contributed by atoms with Crippen LogP contribution in [0.25, 0.3) is 10.5 Å². The molecule has 0 radical (unpaired) electrons. The number of aliphatic hydroxyl groups is 1. The van der Waals surface area contributed by atoms with Crippen molar-refractivity contribution in [1.82, 2.24) is 4.57 Å². The monoisotopic (exact) mass is 380 g/mol. The van der Waals surface area contributed by atoms with Crippen molar-refractivity contribution >= 4 is 5.69 Å². The normalized spacial score (nSPS) is 29.0. The van der Waals surface area contributed by atoms with Gasteiger partial charge in [-0.15, -0.1) is 0 Å². The Kier molecular flexibility index (Phi) is 3.26. The lowest BCUT2D eigenvalue weighted by molar-refractivity contribution is -0.136. The van der Waals surface area contributed by atoms with Gasteiger partial charge < -0.3 is 20.1 Å². The van der Waals surface area contributed by atoms with E-state index in [1.165, 1.54) is 6.07 Å². The topological polar surface area (TPSA) is 79.2 Å². The fourth-order valence-electron chi connectivity index (χ4n) is 4.26. The van der Waals surface area contributed by atoms with Gasteiger partial charge >= 0.3 is 6.18 Å². The molecule has 1 saturated heterocycles. The summed E-state index contributed by atoms with van der Waals surface area (Å²) in [5.41, 5.74) is -3.85. The molecular formula is C18H15F3N2O4. The van der Waals surface area contributed by atoms with E-state index in [9.17, 15) is 28.5 Å². The molecule has 1 fully saturated rings. The summed E-state index contributed by atoms with van der Waals surface area (Å²) < 4.78 is 46.5. The number of alkyl halides is 3. The van der Waals surface area contributed by atoms with E-state index >= 15 is 0 Å². The Morgan fingerprint density at radius 1 is 1.22 bits per heavy atom. The van der Waals surface area contributed by atoms with E-state index in [-0.39, 0.29) is 23.2 Å². The molecule has 2 aromatic rings. The Hall–Kier alpha value is -2.70. The van der Waals surface area contributed by atoms with Crippen LogP contribution in [0.3, 0.4) is 0 Å². The fourth-order valence-corrected chi connectivity index (χ4v) is 4.26. The maximum absolute atomic E-state index is 13.3. The van der Waals surface area contributed by atoms with E-state index in [4.69, 9.17) is 11.3 Å². The zero-order chi connectivity index (χ0) is 19.9. The standard InChI is InChI=1S/C18H15F3N2O4/c1-16-7-11(24)17(2,27-16)13-12(16)14(25)23(15(13)26)8-4-5-10(22-3)9(6-8)18(19,20)21/h4-6,11,24-26H,7H2,1-2H3/t11-,16?,17?/m1/s1. The summed E-state index contributed by atoms with van der Waals surface area (Å²) in [5.74, 6) is -0.958. The van der Waals surface area contributed by atoms with E-state index in [0.717, 1.165) is 10.6 Å². The lowest BCUT2D eigenvalue weighted by Crippen LogP contribution is -2.32. The average Bonchev–Trinajstić information content (AvgIpc) is 3.07. The molecule has 0 aliphatic carbocycles. The molecule has 27 heavy (non-hydrogen) atoms. The third-order valence-electron chi connectivity index (χ3n) is 5.47. The van der Waals surface area contributed by atoms with Crippen LogP contribution >= 0.6 is 0 Å². The summed E-state index contributed by atoms with van der Waals surface area (Å²) >= 11 is 0. The number of hydrogen-bond acceptors (Lipinski definition) is 4. The van der Waals surface area contributed by atoms with Crippen molar-refractivity contribution in [3.8, 4) is 17.4 Å². The predicted octanol–water partition coefficient (Wildman–Crippen LogP) is 3.68. The van der Waals surface area contributed by atoms with Gasteiger partial charge in [-0.25, -0.2) is 4.85 Å². The molecule has 2 aliphatic heterocycles. The molecule has 142 valence electrons. The summed E-state index contributed by atoms with van der Waals surface area (Å²) in [6, 6.07) is 2.89. The molecular weight excluding hydrogens is 365 g/mol. The number of rotatable bonds is 1. The number of nitrogens with zero attached hydrogens (tertiary/aromatic N) is 2. The summed E-state index contributed by atoms with van der Waals surface area (Å²) in [5, 5.41) is 31.7. The lowest BCUT2D eigenvalue weighted by atomic mass is 9.78. The summed E-state index contributed by atoms with van der Waals surface area (Å²) in [7, 11) is 0. The number of hydrogen-bond donors (Lipinski definition) is 3. The fraction of sp³-hybridized carbons (Fsp3) is 0.389. The number of aromatic hydroxyl groups is 2. The van der Waals surface area contributed by atoms with Gasteiger partial charge in [-0.3, -0.25) is 4.57 Å². The molecule has 6 nitrogen and oxygen atoms in total. The number of aromatic nitrogens is 1. The second kappa shape index (κ2) is 4.97. The van der Waals surface area contributed by atoms with Gasteiger partial charge in [-0.05, 0) is 26.0 Å². The first kappa shape index (κ1) is 17.7. The average molecular weight is 380 g/mol. The molecule has 0 spiro atoms. The van der Waals surface area contributed by atoms with Crippen LogP contribution in [-0.4, -0.2) is 26.0 Å². The molecule has 0 saturated carbocycles. The van der Waals surface area contributed by atoms with Crippen molar-refractivity contribution in [2.45, 2.75) is 43.8 Å². The lowest BCUT2D eigenvalue weighted by Gasteiger charge is -2.25. The summed E-state index contributed by atoms with van der Waals surface area (Å²) in [4.78, 5) is 2.88. The van der Waals surface area contributed by atoms with Gasteiger partial charge in [0.25, 0.3) is 0 Å². The zero-order valence-electron chi connectivity index (χ0n) is 14.3. The molecule has 3 N–H and O–H groups in total. The van der Waals surface area contributed by atoms with Crippen molar-refractivity contribution in [3.05, 3.63) is 46.3 Å². The number of aliphatic hydroxyl groups excluding tert-OH is 1. The predicted molar refractivity (Wildman–Crippen MR) is 86.8 cm³/mol. The molecule has 1 aromatic carbocycles. The van der Waals surface area contributed by atoms with Crippen LogP contribution in [0, 0.1) is 6.57 Å². The molecule has 4 rings (SSSR count). The van der Waals surface area contributed by atoms with Crippen LogP contribution in [0.2, 0.25) is 0 Å². The van der Waals surface area contributed by atoms with E-state index in [1.54, 1.807) is 13.8 Å². The van der Waals surface area contributed by atoms with Gasteiger partial charge in [0.1, 0.15) is 5.60 Å². The first-order valence-corrected chi connectivity index (χ1v) is 8.09. The molecule has 2 unspecified atom stereocenters. The van der Waals surface area contributed by atoms with Gasteiger partial charge in [0.15, 0.2) is 5.69 Å². The highest BCUT2D eigenvalue weighted by atomic mass is 19.4. The number of ether oxygens (including phenoxy) is 1. The highest BCUT2D eigenvalue weighted by molar-refractivity contribution is 5.64. The molecule has 3 atom stereocenters. The molecule has 0 amide bonds. The van der Waals surface area contributed by atoms with Crippen LogP contribution in [0.15, 0.2) is 18.2 Å².